The van der Waals surface area contributed by atoms with Crippen molar-refractivity contribution < 1.29 is 23.9 Å². The van der Waals surface area contributed by atoms with Crippen LogP contribution >= 0.6 is 11.8 Å². The van der Waals surface area contributed by atoms with Gasteiger partial charge in [-0.05, 0) is 37.0 Å². The van der Waals surface area contributed by atoms with Crippen LogP contribution in [0.1, 0.15) is 65.4 Å². The van der Waals surface area contributed by atoms with Crippen molar-refractivity contribution in [2.45, 2.75) is 77.3 Å². The maximum atomic E-state index is 12.7. The molecule has 37 heavy (non-hydrogen) atoms. The van der Waals surface area contributed by atoms with Crippen LogP contribution < -0.4 is 15.4 Å². The minimum atomic E-state index is -0.696. The lowest BCUT2D eigenvalue weighted by Gasteiger charge is -2.17. The van der Waals surface area contributed by atoms with Gasteiger partial charge in [-0.25, -0.2) is 0 Å². The Hall–Kier alpha value is -3.00. The Bertz CT molecular complexity index is 999. The van der Waals surface area contributed by atoms with Gasteiger partial charge in [0, 0.05) is 23.6 Å². The van der Waals surface area contributed by atoms with Crippen LogP contribution in [-0.2, 0) is 25.7 Å². The summed E-state index contributed by atoms with van der Waals surface area (Å²) >= 11 is 1.46. The molecule has 0 aliphatic rings. The first-order valence-electron chi connectivity index (χ1n) is 13.0. The predicted octanol–water partition coefficient (Wildman–Crippen LogP) is 5.97. The van der Waals surface area contributed by atoms with Gasteiger partial charge < -0.3 is 20.1 Å². The quantitative estimate of drug-likeness (QED) is 0.206. The van der Waals surface area contributed by atoms with Gasteiger partial charge in [-0.2, -0.15) is 0 Å². The summed E-state index contributed by atoms with van der Waals surface area (Å²) in [5.41, 5.74) is 1.60. The Balaban J connectivity index is 2.00. The molecule has 0 aliphatic heterocycles. The molecule has 0 radical (unpaired) electrons. The summed E-state index contributed by atoms with van der Waals surface area (Å²) in [4.78, 5) is 37.1. The van der Waals surface area contributed by atoms with Gasteiger partial charge in [0.2, 0.25) is 11.8 Å². The Kier molecular flexibility index (Phi) is 13.6. The number of hydrogen-bond donors (Lipinski definition) is 2. The Morgan fingerprint density at radius 2 is 1.81 bits per heavy atom. The van der Waals surface area contributed by atoms with E-state index in [9.17, 15) is 14.4 Å². The molecule has 2 aromatic rings. The van der Waals surface area contributed by atoms with Crippen LogP contribution in [0.2, 0.25) is 0 Å². The van der Waals surface area contributed by atoms with Crippen molar-refractivity contribution in [3.63, 3.8) is 0 Å². The molecule has 0 aromatic heterocycles. The third kappa shape index (κ3) is 11.7. The Morgan fingerprint density at radius 1 is 1.05 bits per heavy atom. The zero-order chi connectivity index (χ0) is 27.0. The lowest BCUT2D eigenvalue weighted by atomic mass is 10.0. The van der Waals surface area contributed by atoms with Crippen molar-refractivity contribution in [3.05, 3.63) is 54.1 Å². The Morgan fingerprint density at radius 3 is 2.49 bits per heavy atom. The zero-order valence-electron chi connectivity index (χ0n) is 22.4. The summed E-state index contributed by atoms with van der Waals surface area (Å²) in [6.07, 6.45) is 4.64. The number of benzene rings is 2. The van der Waals surface area contributed by atoms with Gasteiger partial charge in [-0.1, -0.05) is 63.4 Å². The molecule has 7 nitrogen and oxygen atoms in total. The number of unbranched alkanes of at least 4 members (excludes halogenated alkanes) is 1. The average molecular weight is 529 g/mol. The summed E-state index contributed by atoms with van der Waals surface area (Å²) in [7, 11) is 0. The first-order valence-corrected chi connectivity index (χ1v) is 14.0. The fourth-order valence-corrected chi connectivity index (χ4v) is 4.52. The second-order valence-corrected chi connectivity index (χ2v) is 10.2. The molecule has 0 saturated heterocycles. The highest BCUT2D eigenvalue weighted by Gasteiger charge is 2.17. The van der Waals surface area contributed by atoms with Crippen molar-refractivity contribution >= 4 is 35.2 Å². The second kappa shape index (κ2) is 16.7. The molecular weight excluding hydrogens is 488 g/mol. The van der Waals surface area contributed by atoms with Crippen LogP contribution in [0.3, 0.4) is 0 Å². The standard InChI is InChI=1S/C29H40N2O5S/c1-5-7-11-23(6-2)19-36-28(33)16-17-37-27-15-14-25(35-20-24-12-9-8-10-13-24)18-26(27)31-29(34)21(3)30-22(4)32/h8-10,12-15,18,21,23H,5-7,11,16-17,19-20H2,1-4H3,(H,30,32)(H,31,34). The third-order valence-electron chi connectivity index (χ3n) is 5.86. The van der Waals surface area contributed by atoms with Crippen molar-refractivity contribution in [1.82, 2.24) is 5.32 Å². The summed E-state index contributed by atoms with van der Waals surface area (Å²) in [6.45, 7) is 8.14. The monoisotopic (exact) mass is 528 g/mol. The van der Waals surface area contributed by atoms with Gasteiger partial charge in [-0.15, -0.1) is 11.8 Å². The molecular formula is C29H40N2O5S. The van der Waals surface area contributed by atoms with Crippen molar-refractivity contribution in [2.75, 3.05) is 17.7 Å². The fraction of sp³-hybridized carbons (Fsp3) is 0.483. The van der Waals surface area contributed by atoms with Crippen LogP contribution in [-0.4, -0.2) is 36.2 Å². The van der Waals surface area contributed by atoms with Gasteiger partial charge in [0.05, 0.1) is 18.7 Å². The van der Waals surface area contributed by atoms with Gasteiger partial charge in [0.25, 0.3) is 0 Å². The van der Waals surface area contributed by atoms with Gasteiger partial charge in [-0.3, -0.25) is 14.4 Å². The average Bonchev–Trinajstić information content (AvgIpc) is 2.88. The van der Waals surface area contributed by atoms with Crippen molar-refractivity contribution in [3.8, 4) is 5.75 Å². The lowest BCUT2D eigenvalue weighted by Crippen LogP contribution is -2.40. The van der Waals surface area contributed by atoms with Gasteiger partial charge in [0.1, 0.15) is 18.4 Å². The molecule has 2 aromatic carbocycles. The molecule has 0 bridgehead atoms. The maximum absolute atomic E-state index is 12.7. The molecule has 0 aliphatic carbocycles. The molecule has 2 unspecified atom stereocenters. The van der Waals surface area contributed by atoms with E-state index in [-0.39, 0.29) is 24.2 Å². The molecule has 2 rings (SSSR count). The predicted molar refractivity (Wildman–Crippen MR) is 149 cm³/mol. The van der Waals surface area contributed by atoms with Gasteiger partial charge >= 0.3 is 5.97 Å². The van der Waals surface area contributed by atoms with Crippen LogP contribution in [0.25, 0.3) is 0 Å². The number of anilines is 1. The summed E-state index contributed by atoms with van der Waals surface area (Å²) in [5, 5.41) is 5.48. The molecule has 2 atom stereocenters. The van der Waals surface area contributed by atoms with E-state index in [0.717, 1.165) is 36.1 Å². The highest BCUT2D eigenvalue weighted by atomic mass is 32.2. The number of esters is 1. The molecule has 0 fully saturated rings. The van der Waals surface area contributed by atoms with Crippen LogP contribution in [0, 0.1) is 5.92 Å². The molecule has 0 heterocycles. The number of ether oxygens (including phenoxy) is 2. The van der Waals surface area contributed by atoms with E-state index >= 15 is 0 Å². The minimum Gasteiger partial charge on any atom is -0.489 e. The molecule has 8 heteroatoms. The topological polar surface area (TPSA) is 93.7 Å². The van der Waals surface area contributed by atoms with Crippen LogP contribution in [0.5, 0.6) is 5.75 Å². The van der Waals surface area contributed by atoms with E-state index in [0.29, 0.717) is 36.3 Å². The van der Waals surface area contributed by atoms with Crippen molar-refractivity contribution in [2.24, 2.45) is 5.92 Å². The zero-order valence-corrected chi connectivity index (χ0v) is 23.2. The highest BCUT2D eigenvalue weighted by molar-refractivity contribution is 7.99. The number of nitrogens with one attached hydrogen (secondary N) is 2. The molecule has 2 amide bonds. The molecule has 202 valence electrons. The van der Waals surface area contributed by atoms with Gasteiger partial charge in [0.15, 0.2) is 0 Å². The van der Waals surface area contributed by atoms with E-state index < -0.39 is 6.04 Å². The first-order chi connectivity index (χ1) is 17.8. The number of carbonyl (C=O) groups is 3. The van der Waals surface area contributed by atoms with E-state index in [1.807, 2.05) is 42.5 Å². The second-order valence-electron chi connectivity index (χ2n) is 9.04. The minimum absolute atomic E-state index is 0.213. The fourth-order valence-electron chi connectivity index (χ4n) is 3.60. The van der Waals surface area contributed by atoms with Crippen LogP contribution in [0.15, 0.2) is 53.4 Å². The van der Waals surface area contributed by atoms with E-state index in [4.69, 9.17) is 9.47 Å². The van der Waals surface area contributed by atoms with Crippen LogP contribution in [0.4, 0.5) is 5.69 Å². The third-order valence-corrected chi connectivity index (χ3v) is 6.93. The maximum Gasteiger partial charge on any atom is 0.306 e. The summed E-state index contributed by atoms with van der Waals surface area (Å²) in [5.74, 6) is 0.694. The number of thioether (sulfide) groups is 1. The lowest BCUT2D eigenvalue weighted by molar-refractivity contribution is -0.144. The summed E-state index contributed by atoms with van der Waals surface area (Å²) < 4.78 is 11.4. The van der Waals surface area contributed by atoms with E-state index in [1.54, 1.807) is 13.0 Å². The smallest absolute Gasteiger partial charge is 0.306 e. The number of amides is 2. The highest BCUT2D eigenvalue weighted by Crippen LogP contribution is 2.32. The van der Waals surface area contributed by atoms with E-state index in [1.165, 1.54) is 18.7 Å². The number of carbonyl (C=O) groups excluding carboxylic acids is 3. The molecule has 0 saturated carbocycles. The van der Waals surface area contributed by atoms with E-state index in [2.05, 4.69) is 24.5 Å². The summed E-state index contributed by atoms with van der Waals surface area (Å²) in [6, 6.07) is 14.6. The number of hydrogen-bond acceptors (Lipinski definition) is 6. The SMILES string of the molecule is CCCCC(CC)COC(=O)CCSc1ccc(OCc2ccccc2)cc1NC(=O)C(C)NC(C)=O. The molecule has 2 N–H and O–H groups in total. The number of rotatable bonds is 16. The Labute approximate surface area is 225 Å². The molecule has 0 spiro atoms. The largest absolute Gasteiger partial charge is 0.489 e. The van der Waals surface area contributed by atoms with Crippen molar-refractivity contribution in [1.29, 1.82) is 0 Å². The first kappa shape index (κ1) is 30.2. The normalized spacial score (nSPS) is 12.3.